The maximum absolute atomic E-state index is 12.9. The van der Waals surface area contributed by atoms with Crippen molar-refractivity contribution in [2.45, 2.75) is 12.5 Å². The molecule has 1 rings (SSSR count). The van der Waals surface area contributed by atoms with Crippen LogP contribution in [-0.2, 0) is 9.47 Å². The Kier molecular flexibility index (Phi) is 5.27. The zero-order valence-corrected chi connectivity index (χ0v) is 11.4. The first-order valence-corrected chi connectivity index (χ1v) is 6.11. The number of methoxy groups -OCH3 is 1. The fourth-order valence-electron chi connectivity index (χ4n) is 1.25. The van der Waals surface area contributed by atoms with Crippen molar-refractivity contribution in [3.05, 3.63) is 17.0 Å². The molecule has 12 heteroatoms. The SMILES string of the molecule is COC(=O)c1ccsc1N(C(=O)OCC(F)(F)F)C(F)(F)F. The number of ether oxygens (including phenoxy) is 2. The second kappa shape index (κ2) is 6.42. The van der Waals surface area contributed by atoms with Gasteiger partial charge in [0.1, 0.15) is 5.00 Å². The third-order valence-electron chi connectivity index (χ3n) is 2.05. The first kappa shape index (κ1) is 18.1. The Morgan fingerprint density at radius 2 is 1.82 bits per heavy atom. The summed E-state index contributed by atoms with van der Waals surface area (Å²) >= 11 is 0.313. The van der Waals surface area contributed by atoms with Crippen LogP contribution in [0.15, 0.2) is 11.4 Å². The fourth-order valence-corrected chi connectivity index (χ4v) is 2.14. The third kappa shape index (κ3) is 4.51. The van der Waals surface area contributed by atoms with Crippen molar-refractivity contribution in [3.63, 3.8) is 0 Å². The molecule has 0 atom stereocenters. The summed E-state index contributed by atoms with van der Waals surface area (Å²) in [5.41, 5.74) is -0.631. The van der Waals surface area contributed by atoms with Crippen LogP contribution in [0.4, 0.5) is 36.1 Å². The van der Waals surface area contributed by atoms with Crippen LogP contribution in [0.2, 0.25) is 0 Å². The van der Waals surface area contributed by atoms with Crippen molar-refractivity contribution in [1.82, 2.24) is 0 Å². The molecule has 1 amide bonds. The van der Waals surface area contributed by atoms with Gasteiger partial charge in [0.2, 0.25) is 0 Å². The molecule has 0 radical (unpaired) electrons. The van der Waals surface area contributed by atoms with Crippen molar-refractivity contribution >= 4 is 28.4 Å². The van der Waals surface area contributed by atoms with Crippen LogP contribution in [0.1, 0.15) is 10.4 Å². The van der Waals surface area contributed by atoms with E-state index in [0.29, 0.717) is 11.3 Å². The molecule has 1 aromatic heterocycles. The number of carbonyl (C=O) groups excluding carboxylic acids is 2. The molecule has 0 N–H and O–H groups in total. The van der Waals surface area contributed by atoms with Gasteiger partial charge in [-0.15, -0.1) is 24.5 Å². The highest BCUT2D eigenvalue weighted by Crippen LogP contribution is 2.36. The minimum atomic E-state index is -5.39. The summed E-state index contributed by atoms with van der Waals surface area (Å²) in [6.45, 7) is -2.20. The first-order valence-electron chi connectivity index (χ1n) is 5.23. The van der Waals surface area contributed by atoms with Gasteiger partial charge in [0, 0.05) is 0 Å². The van der Waals surface area contributed by atoms with Gasteiger partial charge >= 0.3 is 24.5 Å². The fraction of sp³-hybridized carbons (Fsp3) is 0.400. The van der Waals surface area contributed by atoms with Crippen LogP contribution in [0.25, 0.3) is 0 Å². The van der Waals surface area contributed by atoms with E-state index in [0.717, 1.165) is 18.6 Å². The molecule has 0 spiro atoms. The number of hydrogen-bond acceptors (Lipinski definition) is 5. The van der Waals surface area contributed by atoms with Crippen molar-refractivity contribution in [3.8, 4) is 0 Å². The Morgan fingerprint density at radius 1 is 1.23 bits per heavy atom. The molecular formula is C10H7F6NO4S. The Balaban J connectivity index is 3.13. The molecule has 0 bridgehead atoms. The van der Waals surface area contributed by atoms with Crippen molar-refractivity contribution in [1.29, 1.82) is 0 Å². The minimum absolute atomic E-state index is 0.313. The summed E-state index contributed by atoms with van der Waals surface area (Å²) in [6.07, 6.45) is -12.7. The summed E-state index contributed by atoms with van der Waals surface area (Å²) in [7, 11) is 0.893. The molecule has 0 unspecified atom stereocenters. The van der Waals surface area contributed by atoms with E-state index in [4.69, 9.17) is 0 Å². The van der Waals surface area contributed by atoms with Gasteiger partial charge in [-0.05, 0) is 11.4 Å². The van der Waals surface area contributed by atoms with E-state index in [2.05, 4.69) is 9.47 Å². The number of carbonyl (C=O) groups is 2. The number of rotatable bonds is 3. The molecule has 0 aliphatic rings. The van der Waals surface area contributed by atoms with E-state index < -0.39 is 46.6 Å². The smallest absolute Gasteiger partial charge is 0.465 e. The van der Waals surface area contributed by atoms with E-state index in [1.165, 1.54) is 0 Å². The molecular weight excluding hydrogens is 344 g/mol. The average Bonchev–Trinajstić information content (AvgIpc) is 2.82. The van der Waals surface area contributed by atoms with E-state index in [9.17, 15) is 35.9 Å². The van der Waals surface area contributed by atoms with E-state index in [-0.39, 0.29) is 0 Å². The topological polar surface area (TPSA) is 55.8 Å². The molecule has 0 aromatic carbocycles. The summed E-state index contributed by atoms with van der Waals surface area (Å²) in [6, 6.07) is 0.932. The van der Waals surface area contributed by atoms with E-state index in [1.807, 2.05) is 0 Å². The van der Waals surface area contributed by atoms with Crippen LogP contribution < -0.4 is 4.90 Å². The summed E-state index contributed by atoms with van der Waals surface area (Å²) in [5, 5.41) is 0.0868. The normalized spacial score (nSPS) is 12.0. The van der Waals surface area contributed by atoms with Crippen LogP contribution in [0.3, 0.4) is 0 Å². The Bertz CT molecular complexity index is 552. The van der Waals surface area contributed by atoms with E-state index >= 15 is 0 Å². The van der Waals surface area contributed by atoms with Crippen molar-refractivity contribution in [2.75, 3.05) is 18.6 Å². The van der Waals surface area contributed by atoms with Crippen molar-refractivity contribution in [2.24, 2.45) is 0 Å². The minimum Gasteiger partial charge on any atom is -0.465 e. The highest BCUT2D eigenvalue weighted by atomic mass is 32.1. The third-order valence-corrected chi connectivity index (χ3v) is 2.95. The van der Waals surface area contributed by atoms with Crippen molar-refractivity contribution < 1.29 is 45.4 Å². The molecule has 5 nitrogen and oxygen atoms in total. The van der Waals surface area contributed by atoms with Crippen LogP contribution in [-0.4, -0.2) is 38.3 Å². The van der Waals surface area contributed by atoms with Gasteiger partial charge in [0.25, 0.3) is 0 Å². The molecule has 1 heterocycles. The standard InChI is InChI=1S/C10H7F6NO4S/c1-20-7(18)5-2-3-22-6(5)17(10(14,15)16)8(19)21-4-9(11,12)13/h2-3H,4H2,1H3. The molecule has 1 aromatic rings. The highest BCUT2D eigenvalue weighted by Gasteiger charge is 2.47. The van der Waals surface area contributed by atoms with Gasteiger partial charge in [-0.2, -0.15) is 18.1 Å². The molecule has 0 aliphatic heterocycles. The lowest BCUT2D eigenvalue weighted by atomic mass is 10.3. The largest absolute Gasteiger partial charge is 0.495 e. The van der Waals surface area contributed by atoms with Gasteiger partial charge in [0.05, 0.1) is 12.7 Å². The molecule has 0 saturated carbocycles. The molecule has 0 saturated heterocycles. The van der Waals surface area contributed by atoms with Gasteiger partial charge in [-0.1, -0.05) is 0 Å². The van der Waals surface area contributed by atoms with E-state index in [1.54, 1.807) is 0 Å². The van der Waals surface area contributed by atoms with Gasteiger partial charge in [0.15, 0.2) is 6.61 Å². The molecule has 22 heavy (non-hydrogen) atoms. The zero-order chi connectivity index (χ0) is 17.1. The number of hydrogen-bond donors (Lipinski definition) is 0. The summed E-state index contributed by atoms with van der Waals surface area (Å²) < 4.78 is 82.3. The second-order valence-corrected chi connectivity index (χ2v) is 4.50. The number of halogens is 6. The Hall–Kier alpha value is -1.98. The Labute approximate surface area is 123 Å². The quantitative estimate of drug-likeness (QED) is 0.475. The second-order valence-electron chi connectivity index (χ2n) is 3.60. The predicted molar refractivity (Wildman–Crippen MR) is 61.6 cm³/mol. The van der Waals surface area contributed by atoms with Crippen LogP contribution in [0.5, 0.6) is 0 Å². The number of alkyl halides is 6. The molecule has 0 aliphatic carbocycles. The Morgan fingerprint density at radius 3 is 2.27 bits per heavy atom. The highest BCUT2D eigenvalue weighted by molar-refractivity contribution is 7.14. The number of esters is 1. The maximum Gasteiger partial charge on any atom is 0.495 e. The summed E-state index contributed by atoms with van der Waals surface area (Å²) in [4.78, 5) is 21.7. The van der Waals surface area contributed by atoms with Gasteiger partial charge < -0.3 is 9.47 Å². The zero-order valence-electron chi connectivity index (χ0n) is 10.6. The number of amides is 1. The lowest BCUT2D eigenvalue weighted by Crippen LogP contribution is -2.44. The monoisotopic (exact) mass is 351 g/mol. The lowest BCUT2D eigenvalue weighted by molar-refractivity contribution is -0.165. The lowest BCUT2D eigenvalue weighted by Gasteiger charge is -2.23. The number of nitrogens with zero attached hydrogens (tertiary/aromatic N) is 1. The first-order chi connectivity index (χ1) is 9.97. The summed E-state index contributed by atoms with van der Waals surface area (Å²) in [5.74, 6) is -1.19. The predicted octanol–water partition coefficient (Wildman–Crippen LogP) is 3.56. The van der Waals surface area contributed by atoms with Gasteiger partial charge in [-0.3, -0.25) is 0 Å². The number of thiophene rings is 1. The molecule has 0 fully saturated rings. The molecule has 124 valence electrons. The average molecular weight is 351 g/mol. The maximum atomic E-state index is 12.9. The van der Waals surface area contributed by atoms with Gasteiger partial charge in [-0.25, -0.2) is 9.59 Å². The van der Waals surface area contributed by atoms with Crippen LogP contribution in [0, 0.1) is 0 Å². The van der Waals surface area contributed by atoms with Crippen LogP contribution >= 0.6 is 11.3 Å². The number of anilines is 1.